The van der Waals surface area contributed by atoms with Crippen LogP contribution in [0, 0.1) is 0 Å². The van der Waals surface area contributed by atoms with Gasteiger partial charge in [0.1, 0.15) is 0 Å². The molecule has 0 spiro atoms. The van der Waals surface area contributed by atoms with E-state index in [0.717, 1.165) is 32.5 Å². The molecule has 3 rings (SSSR count). The van der Waals surface area contributed by atoms with E-state index in [4.69, 9.17) is 0 Å². The van der Waals surface area contributed by atoms with E-state index in [1.807, 2.05) is 0 Å². The fourth-order valence-corrected chi connectivity index (χ4v) is 3.60. The third-order valence-electron chi connectivity index (χ3n) is 5.37. The number of likely N-dealkylation sites (N-methyl/N-ethyl adjacent to an activating group) is 1. The molecule has 1 unspecified atom stereocenters. The van der Waals surface area contributed by atoms with Crippen molar-refractivity contribution in [1.29, 1.82) is 0 Å². The van der Waals surface area contributed by atoms with Crippen LogP contribution in [0.15, 0.2) is 84.9 Å². The lowest BCUT2D eigenvalue weighted by atomic mass is 10.1. The molecule has 0 aliphatic heterocycles. The fourth-order valence-electron chi connectivity index (χ4n) is 3.60. The van der Waals surface area contributed by atoms with E-state index in [2.05, 4.69) is 121 Å². The van der Waals surface area contributed by atoms with Crippen LogP contribution in [0.2, 0.25) is 0 Å². The molecule has 0 saturated heterocycles. The molecule has 3 aromatic rings. The van der Waals surface area contributed by atoms with Crippen molar-refractivity contribution in [1.82, 2.24) is 4.90 Å². The van der Waals surface area contributed by atoms with Crippen LogP contribution in [-0.2, 0) is 13.0 Å². The first-order valence-electron chi connectivity index (χ1n) is 10.9. The summed E-state index contributed by atoms with van der Waals surface area (Å²) >= 11 is 0. The summed E-state index contributed by atoms with van der Waals surface area (Å²) in [7, 11) is 4.26. The van der Waals surface area contributed by atoms with Crippen LogP contribution in [-0.4, -0.2) is 38.1 Å². The smallest absolute Gasteiger partial charge is 0.0430 e. The van der Waals surface area contributed by atoms with Crippen molar-refractivity contribution in [3.8, 4) is 0 Å². The zero-order chi connectivity index (χ0) is 21.2. The summed E-state index contributed by atoms with van der Waals surface area (Å²) in [5.41, 5.74) is 5.19. The molecule has 0 aliphatic rings. The molecular weight excluding hydrogens is 366 g/mol. The summed E-state index contributed by atoms with van der Waals surface area (Å²) in [5, 5.41) is 3.70. The molecule has 0 heterocycles. The summed E-state index contributed by atoms with van der Waals surface area (Å²) < 4.78 is 0. The van der Waals surface area contributed by atoms with Crippen LogP contribution >= 0.6 is 0 Å². The molecule has 0 aliphatic carbocycles. The minimum atomic E-state index is 0.421. The third kappa shape index (κ3) is 7.23. The zero-order valence-electron chi connectivity index (χ0n) is 18.6. The number of hydrogen-bond donors (Lipinski definition) is 1. The SMILES string of the molecule is CC(CCc1ccccc1)Nc1cccc(N(CCN(C)C)Cc2ccccc2)c1. The van der Waals surface area contributed by atoms with Gasteiger partial charge in [0.15, 0.2) is 0 Å². The van der Waals surface area contributed by atoms with E-state index < -0.39 is 0 Å². The second kappa shape index (κ2) is 11.4. The molecule has 158 valence electrons. The largest absolute Gasteiger partial charge is 0.383 e. The molecule has 1 N–H and O–H groups in total. The maximum atomic E-state index is 3.70. The molecule has 0 bridgehead atoms. The van der Waals surface area contributed by atoms with Gasteiger partial charge in [0.25, 0.3) is 0 Å². The lowest BCUT2D eigenvalue weighted by molar-refractivity contribution is 0.412. The molecule has 30 heavy (non-hydrogen) atoms. The number of rotatable bonds is 11. The van der Waals surface area contributed by atoms with E-state index in [9.17, 15) is 0 Å². The van der Waals surface area contributed by atoms with Gasteiger partial charge in [0.2, 0.25) is 0 Å². The Morgan fingerprint density at radius 2 is 1.43 bits per heavy atom. The first-order valence-corrected chi connectivity index (χ1v) is 10.9. The van der Waals surface area contributed by atoms with Crippen molar-refractivity contribution in [2.24, 2.45) is 0 Å². The standard InChI is InChI=1S/C27H35N3/c1-23(17-18-24-11-6-4-7-12-24)28-26-15-10-16-27(21-26)30(20-19-29(2)3)22-25-13-8-5-9-14-25/h4-16,21,23,28H,17-20,22H2,1-3H3. The fraction of sp³-hybridized carbons (Fsp3) is 0.333. The van der Waals surface area contributed by atoms with Gasteiger partial charge in [-0.15, -0.1) is 0 Å². The van der Waals surface area contributed by atoms with Crippen molar-refractivity contribution in [3.05, 3.63) is 96.1 Å². The topological polar surface area (TPSA) is 18.5 Å². The van der Waals surface area contributed by atoms with E-state index in [1.54, 1.807) is 0 Å². The molecule has 1 atom stereocenters. The Labute approximate surface area is 182 Å². The average molecular weight is 402 g/mol. The molecule has 0 aromatic heterocycles. The summed E-state index contributed by atoms with van der Waals surface area (Å²) in [6.45, 7) is 5.21. The summed E-state index contributed by atoms with van der Waals surface area (Å²) in [6, 6.07) is 30.7. The van der Waals surface area contributed by atoms with Gasteiger partial charge >= 0.3 is 0 Å². The van der Waals surface area contributed by atoms with Gasteiger partial charge in [0, 0.05) is 37.1 Å². The Morgan fingerprint density at radius 1 is 0.767 bits per heavy atom. The van der Waals surface area contributed by atoms with Gasteiger partial charge in [-0.25, -0.2) is 0 Å². The van der Waals surface area contributed by atoms with Crippen molar-refractivity contribution in [2.45, 2.75) is 32.4 Å². The van der Waals surface area contributed by atoms with E-state index in [1.165, 1.54) is 22.5 Å². The number of nitrogens with one attached hydrogen (secondary N) is 1. The van der Waals surface area contributed by atoms with Gasteiger partial charge < -0.3 is 15.1 Å². The van der Waals surface area contributed by atoms with Gasteiger partial charge in [-0.1, -0.05) is 66.7 Å². The summed E-state index contributed by atoms with van der Waals surface area (Å²) in [5.74, 6) is 0. The molecule has 3 nitrogen and oxygen atoms in total. The first kappa shape index (κ1) is 21.9. The quantitative estimate of drug-likeness (QED) is 0.445. The van der Waals surface area contributed by atoms with E-state index >= 15 is 0 Å². The number of aryl methyl sites for hydroxylation is 1. The van der Waals surface area contributed by atoms with Crippen molar-refractivity contribution in [2.75, 3.05) is 37.4 Å². The Hall–Kier alpha value is -2.78. The van der Waals surface area contributed by atoms with Crippen molar-refractivity contribution >= 4 is 11.4 Å². The van der Waals surface area contributed by atoms with Gasteiger partial charge in [0.05, 0.1) is 0 Å². The summed E-state index contributed by atoms with van der Waals surface area (Å²) in [6.07, 6.45) is 2.21. The van der Waals surface area contributed by atoms with Crippen molar-refractivity contribution < 1.29 is 0 Å². The second-order valence-corrected chi connectivity index (χ2v) is 8.33. The predicted molar refractivity (Wildman–Crippen MR) is 130 cm³/mol. The van der Waals surface area contributed by atoms with E-state index in [-0.39, 0.29) is 0 Å². The third-order valence-corrected chi connectivity index (χ3v) is 5.37. The number of benzene rings is 3. The molecule has 0 amide bonds. The molecular formula is C27H35N3. The highest BCUT2D eigenvalue weighted by Crippen LogP contribution is 2.22. The molecule has 0 saturated carbocycles. The molecule has 3 heteroatoms. The van der Waals surface area contributed by atoms with Crippen LogP contribution in [0.25, 0.3) is 0 Å². The average Bonchev–Trinajstić information content (AvgIpc) is 2.77. The number of anilines is 2. The lowest BCUT2D eigenvalue weighted by Gasteiger charge is -2.27. The molecule has 0 radical (unpaired) electrons. The van der Waals surface area contributed by atoms with Crippen LogP contribution in [0.4, 0.5) is 11.4 Å². The van der Waals surface area contributed by atoms with Crippen LogP contribution < -0.4 is 10.2 Å². The predicted octanol–water partition coefficient (Wildman–Crippen LogP) is 5.69. The minimum Gasteiger partial charge on any atom is -0.383 e. The highest BCUT2D eigenvalue weighted by Gasteiger charge is 2.10. The Balaban J connectivity index is 1.65. The van der Waals surface area contributed by atoms with Crippen LogP contribution in [0.3, 0.4) is 0 Å². The molecule has 3 aromatic carbocycles. The Bertz CT molecular complexity index is 862. The lowest BCUT2D eigenvalue weighted by Crippen LogP contribution is -2.31. The minimum absolute atomic E-state index is 0.421. The van der Waals surface area contributed by atoms with Crippen LogP contribution in [0.1, 0.15) is 24.5 Å². The maximum absolute atomic E-state index is 3.70. The zero-order valence-corrected chi connectivity index (χ0v) is 18.6. The summed E-state index contributed by atoms with van der Waals surface area (Å²) in [4.78, 5) is 4.71. The monoisotopic (exact) mass is 401 g/mol. The van der Waals surface area contributed by atoms with Crippen LogP contribution in [0.5, 0.6) is 0 Å². The molecule has 0 fully saturated rings. The highest BCUT2D eigenvalue weighted by atomic mass is 15.2. The number of nitrogens with zero attached hydrogens (tertiary/aromatic N) is 2. The van der Waals surface area contributed by atoms with Gasteiger partial charge in [-0.2, -0.15) is 0 Å². The highest BCUT2D eigenvalue weighted by molar-refractivity contribution is 5.58. The first-order chi connectivity index (χ1) is 14.6. The Kier molecular flexibility index (Phi) is 8.34. The van der Waals surface area contributed by atoms with Gasteiger partial charge in [-0.05, 0) is 63.2 Å². The van der Waals surface area contributed by atoms with Gasteiger partial charge in [-0.3, -0.25) is 0 Å². The van der Waals surface area contributed by atoms with Crippen molar-refractivity contribution in [3.63, 3.8) is 0 Å². The number of hydrogen-bond acceptors (Lipinski definition) is 3. The second-order valence-electron chi connectivity index (χ2n) is 8.33. The van der Waals surface area contributed by atoms with E-state index in [0.29, 0.717) is 6.04 Å². The normalized spacial score (nSPS) is 12.0. The Morgan fingerprint density at radius 3 is 2.10 bits per heavy atom. The maximum Gasteiger partial charge on any atom is 0.0430 e.